The van der Waals surface area contributed by atoms with Gasteiger partial charge in [0.1, 0.15) is 0 Å². The van der Waals surface area contributed by atoms with Gasteiger partial charge in [-0.1, -0.05) is 31.7 Å². The first kappa shape index (κ1) is 40.6. The van der Waals surface area contributed by atoms with Gasteiger partial charge in [-0.2, -0.15) is 0 Å². The van der Waals surface area contributed by atoms with Crippen LogP contribution in [0.4, 0.5) is 0 Å². The van der Waals surface area contributed by atoms with Gasteiger partial charge in [-0.15, -0.1) is 0 Å². The number of nitrogens with one attached hydrogen (secondary N) is 2. The molecular weight excluding hydrogens is 661 g/mol. The second kappa shape index (κ2) is 16.5. The molecule has 0 bridgehead atoms. The summed E-state index contributed by atoms with van der Waals surface area (Å²) in [6.07, 6.45) is 4.96. The molecule has 0 aromatic heterocycles. The lowest BCUT2D eigenvalue weighted by atomic mass is 9.99. The van der Waals surface area contributed by atoms with Crippen molar-refractivity contribution in [1.29, 1.82) is 0 Å². The zero-order chi connectivity index (χ0) is 35.3. The van der Waals surface area contributed by atoms with Crippen LogP contribution in [0.25, 0.3) is 0 Å². The average molecular weight is 717 g/mol. The second-order valence-electron chi connectivity index (χ2n) is 14.7. The van der Waals surface area contributed by atoms with E-state index in [1.807, 2.05) is 6.07 Å². The fourth-order valence-electron chi connectivity index (χ4n) is 6.06. The van der Waals surface area contributed by atoms with E-state index in [0.29, 0.717) is 17.9 Å². The summed E-state index contributed by atoms with van der Waals surface area (Å²) in [5.74, 6) is 0.455. The highest BCUT2D eigenvalue weighted by molar-refractivity contribution is 7.89. The van der Waals surface area contributed by atoms with Crippen molar-refractivity contribution in [2.24, 2.45) is 9.98 Å². The number of likely N-dealkylation sites (tertiary alicyclic amines) is 2. The first-order chi connectivity index (χ1) is 22.3. The van der Waals surface area contributed by atoms with Gasteiger partial charge in [0, 0.05) is 66.7 Å². The molecule has 3 aliphatic heterocycles. The summed E-state index contributed by atoms with van der Waals surface area (Å²) in [5.41, 5.74) is 1.38. The summed E-state index contributed by atoms with van der Waals surface area (Å²) in [6.45, 7) is 18.6. The largest absolute Gasteiger partial charge is 0.298 e. The normalized spacial score (nSPS) is 18.7. The quantitative estimate of drug-likeness (QED) is 0.361. The molecule has 0 saturated carbocycles. The maximum atomic E-state index is 12.7. The third-order valence-electron chi connectivity index (χ3n) is 9.02. The van der Waals surface area contributed by atoms with Crippen molar-refractivity contribution in [3.05, 3.63) is 59.7 Å². The van der Waals surface area contributed by atoms with E-state index in [2.05, 4.69) is 70.8 Å². The van der Waals surface area contributed by atoms with Gasteiger partial charge in [-0.25, -0.2) is 31.3 Å². The number of carbonyl (C=O) groups excluding carboxylic acids is 1. The number of hydrogen-bond acceptors (Lipinski definition) is 9. The number of hydrogen-bond donors (Lipinski definition) is 2. The lowest BCUT2D eigenvalue weighted by Gasteiger charge is -2.40. The molecule has 2 aromatic carbocycles. The Labute approximate surface area is 294 Å². The Morgan fingerprint density at radius 3 is 1.59 bits per heavy atom. The minimum Gasteiger partial charge on any atom is -0.298 e. The van der Waals surface area contributed by atoms with Crippen molar-refractivity contribution in [3.8, 4) is 0 Å². The number of rotatable bonds is 8. The van der Waals surface area contributed by atoms with Gasteiger partial charge in [0.15, 0.2) is 11.6 Å². The van der Waals surface area contributed by atoms with Crippen molar-refractivity contribution >= 4 is 37.9 Å². The molecule has 0 aliphatic carbocycles. The summed E-state index contributed by atoms with van der Waals surface area (Å²) in [4.78, 5) is 25.0. The van der Waals surface area contributed by atoms with E-state index in [9.17, 15) is 21.6 Å². The molecule has 2 fully saturated rings. The number of ketones is 1. The number of sulfonamides is 2. The Morgan fingerprint density at radius 2 is 1.18 bits per heavy atom. The molecule has 0 radical (unpaired) electrons. The Hall–Kier alpha value is -2.81. The first-order valence-corrected chi connectivity index (χ1v) is 19.6. The third-order valence-corrected chi connectivity index (χ3v) is 12.1. The molecule has 3 heterocycles. The Kier molecular flexibility index (Phi) is 13.7. The molecule has 272 valence electrons. The zero-order valence-corrected chi connectivity index (χ0v) is 31.0. The molecule has 11 nitrogen and oxygen atoms in total. The van der Waals surface area contributed by atoms with E-state index in [1.165, 1.54) is 19.1 Å². The van der Waals surface area contributed by atoms with Crippen LogP contribution in [0, 0.1) is 0 Å². The van der Waals surface area contributed by atoms with Crippen LogP contribution in [0.3, 0.4) is 0 Å². The first-order valence-electron chi connectivity index (χ1n) is 16.7. The van der Waals surface area contributed by atoms with E-state index >= 15 is 0 Å². The molecule has 5 rings (SSSR count). The topological polar surface area (TPSA) is 141 Å². The summed E-state index contributed by atoms with van der Waals surface area (Å²) in [5, 5.41) is 0. The lowest BCUT2D eigenvalue weighted by molar-refractivity contribution is 0.100. The number of benzene rings is 2. The lowest BCUT2D eigenvalue weighted by Crippen LogP contribution is -2.50. The maximum absolute atomic E-state index is 12.7. The zero-order valence-electron chi connectivity index (χ0n) is 29.4. The predicted molar refractivity (Wildman–Crippen MR) is 199 cm³/mol. The third kappa shape index (κ3) is 11.3. The van der Waals surface area contributed by atoms with Gasteiger partial charge >= 0.3 is 0 Å². The molecule has 0 atom stereocenters. The van der Waals surface area contributed by atoms with E-state index in [1.54, 1.807) is 36.5 Å². The fourth-order valence-corrected chi connectivity index (χ4v) is 8.76. The smallest absolute Gasteiger partial charge is 0.240 e. The van der Waals surface area contributed by atoms with E-state index in [4.69, 9.17) is 0 Å². The van der Waals surface area contributed by atoms with Crippen molar-refractivity contribution in [3.63, 3.8) is 0 Å². The Bertz CT molecular complexity index is 1710. The minimum absolute atomic E-state index is 0. The van der Waals surface area contributed by atoms with Gasteiger partial charge in [-0.3, -0.25) is 19.6 Å². The van der Waals surface area contributed by atoms with Crippen LogP contribution in [-0.4, -0.2) is 100 Å². The van der Waals surface area contributed by atoms with Crippen molar-refractivity contribution < 1.29 is 21.6 Å². The highest BCUT2D eigenvalue weighted by atomic mass is 32.2. The van der Waals surface area contributed by atoms with Crippen LogP contribution in [0.1, 0.15) is 97.5 Å². The number of amidine groups is 1. The van der Waals surface area contributed by atoms with Gasteiger partial charge in [0.05, 0.1) is 16.3 Å². The van der Waals surface area contributed by atoms with Crippen LogP contribution in [0.5, 0.6) is 0 Å². The summed E-state index contributed by atoms with van der Waals surface area (Å²) in [7, 11) is -7.13. The molecule has 13 heteroatoms. The molecule has 0 amide bonds. The Balaban J connectivity index is 0.000000261. The number of piperidine rings is 2. The highest BCUT2D eigenvalue weighted by Crippen LogP contribution is 2.23. The molecule has 0 unspecified atom stereocenters. The van der Waals surface area contributed by atoms with Crippen LogP contribution in [0.15, 0.2) is 68.3 Å². The van der Waals surface area contributed by atoms with Crippen molar-refractivity contribution in [2.75, 3.05) is 32.7 Å². The molecule has 49 heavy (non-hydrogen) atoms. The van der Waals surface area contributed by atoms with Crippen LogP contribution in [-0.2, 0) is 20.0 Å². The highest BCUT2D eigenvalue weighted by Gasteiger charge is 2.31. The number of carbonyl (C=O) groups is 1. The van der Waals surface area contributed by atoms with E-state index < -0.39 is 20.0 Å². The van der Waals surface area contributed by atoms with Crippen molar-refractivity contribution in [1.82, 2.24) is 19.2 Å². The summed E-state index contributed by atoms with van der Waals surface area (Å²) >= 11 is 0. The fraction of sp³-hybridized carbons (Fsp3) is 0.583. The van der Waals surface area contributed by atoms with Gasteiger partial charge < -0.3 is 0 Å². The maximum Gasteiger partial charge on any atom is 0.240 e. The van der Waals surface area contributed by atoms with Gasteiger partial charge in [0.25, 0.3) is 0 Å². The van der Waals surface area contributed by atoms with Crippen LogP contribution >= 0.6 is 0 Å². The molecule has 2 N–H and O–H groups in total. The van der Waals surface area contributed by atoms with Crippen LogP contribution in [0.2, 0.25) is 0 Å². The van der Waals surface area contributed by atoms with E-state index in [0.717, 1.165) is 57.4 Å². The minimum atomic E-state index is -3.59. The number of Topliss-reactive ketones (excluding diaryl/α,β-unsaturated/α-hetero) is 1. The molecule has 3 aliphatic rings. The molecule has 2 aromatic rings. The second-order valence-corrected chi connectivity index (χ2v) is 18.1. The predicted octanol–water partition coefficient (Wildman–Crippen LogP) is 5.13. The SMILES string of the molecule is C.CC(=O)c1cccc(S(=O)(=O)NC2CCN(C(C)(C)C)CC2)c1.CC(C)(C)N1CCC(NS(=O)(=O)c2cccc(C3=NCC=N3)c2)CC1. The number of nitrogens with zero attached hydrogens (tertiary/aromatic N) is 4. The molecular formula is C36H56N6O5S2. The van der Waals surface area contributed by atoms with Gasteiger partial charge in [0.2, 0.25) is 20.0 Å². The summed E-state index contributed by atoms with van der Waals surface area (Å²) < 4.78 is 56.2. The van der Waals surface area contributed by atoms with Gasteiger partial charge in [-0.05, 0) is 98.4 Å². The number of aliphatic imine (C=N–C) groups is 2. The van der Waals surface area contributed by atoms with E-state index in [-0.39, 0.29) is 46.2 Å². The standard InChI is InChI=1S/C18H26N4O2S.C17H26N2O3S.CH4/c1-18(2,3)22-11-7-15(8-12-22)21-25(23,24)16-6-4-5-14(13-16)17-19-9-10-20-17;1-13(20)14-6-5-7-16(12-14)23(21,22)18-15-8-10-19(11-9-15)17(2,3)4;/h4-6,9,13,15,21H,7-8,10-12H2,1-3H3;5-7,12,15,18H,8-11H2,1-4H3;1H4. The molecule has 0 spiro atoms. The average Bonchev–Trinajstić information content (AvgIpc) is 3.56. The van der Waals surface area contributed by atoms with Crippen molar-refractivity contribution in [2.45, 2.75) is 115 Å². The van der Waals surface area contributed by atoms with Crippen LogP contribution < -0.4 is 9.44 Å². The summed E-state index contributed by atoms with van der Waals surface area (Å²) in [6, 6.07) is 13.0. The molecule has 2 saturated heterocycles. The Morgan fingerprint density at radius 1 is 0.735 bits per heavy atom. The monoisotopic (exact) mass is 716 g/mol.